The average Bonchev–Trinajstić information content (AvgIpc) is 2.62. The Labute approximate surface area is 123 Å². The van der Waals surface area contributed by atoms with Gasteiger partial charge in [0.25, 0.3) is 0 Å². The molecule has 4 nitrogen and oxygen atoms in total. The van der Waals surface area contributed by atoms with Crippen LogP contribution in [0, 0.1) is 5.82 Å². The predicted octanol–water partition coefficient (Wildman–Crippen LogP) is 1.94. The third-order valence-electron chi connectivity index (χ3n) is 4.30. The van der Waals surface area contributed by atoms with Crippen molar-refractivity contribution in [3.05, 3.63) is 35.6 Å². The maximum atomic E-state index is 12.9. The van der Waals surface area contributed by atoms with Gasteiger partial charge in [-0.05, 0) is 37.0 Å². The second-order valence-corrected chi connectivity index (χ2v) is 5.73. The lowest BCUT2D eigenvalue weighted by molar-refractivity contribution is -0.143. The van der Waals surface area contributed by atoms with Crippen LogP contribution in [0.2, 0.25) is 0 Å². The van der Waals surface area contributed by atoms with Gasteiger partial charge >= 0.3 is 0 Å². The van der Waals surface area contributed by atoms with Gasteiger partial charge in [0.15, 0.2) is 0 Å². The van der Waals surface area contributed by atoms with E-state index in [0.717, 1.165) is 24.8 Å². The van der Waals surface area contributed by atoms with E-state index < -0.39 is 0 Å². The summed E-state index contributed by atoms with van der Waals surface area (Å²) in [6.45, 7) is 1.58. The summed E-state index contributed by atoms with van der Waals surface area (Å²) in [5.74, 6) is -0.172. The van der Waals surface area contributed by atoms with E-state index in [4.69, 9.17) is 0 Å². The number of amides is 2. The van der Waals surface area contributed by atoms with Gasteiger partial charge in [-0.1, -0.05) is 12.1 Å². The van der Waals surface area contributed by atoms with Crippen LogP contribution in [0.15, 0.2) is 24.3 Å². The minimum atomic E-state index is -0.297. The zero-order chi connectivity index (χ0) is 14.8. The van der Waals surface area contributed by atoms with Gasteiger partial charge in [0.2, 0.25) is 11.8 Å². The standard InChI is InChI=1S/C16H19FN2O2/c17-13-6-4-12(5-7-13)11-18-10-8-15(20)19-9-2-1-3-14(19)16(18)21/h4-7,14H,1-3,8-11H2. The third-order valence-corrected chi connectivity index (χ3v) is 4.30. The lowest BCUT2D eigenvalue weighted by Crippen LogP contribution is -2.49. The Morgan fingerprint density at radius 2 is 1.86 bits per heavy atom. The van der Waals surface area contributed by atoms with Gasteiger partial charge in [0.1, 0.15) is 11.9 Å². The highest BCUT2D eigenvalue weighted by Gasteiger charge is 2.37. The van der Waals surface area contributed by atoms with Crippen LogP contribution in [-0.4, -0.2) is 40.7 Å². The number of hydrogen-bond donors (Lipinski definition) is 0. The first kappa shape index (κ1) is 14.0. The van der Waals surface area contributed by atoms with Crippen LogP contribution in [0.5, 0.6) is 0 Å². The highest BCUT2D eigenvalue weighted by atomic mass is 19.1. The van der Waals surface area contributed by atoms with Crippen LogP contribution in [0.1, 0.15) is 31.2 Å². The molecule has 0 radical (unpaired) electrons. The molecule has 2 fully saturated rings. The lowest BCUT2D eigenvalue weighted by Gasteiger charge is -2.34. The molecule has 1 aromatic carbocycles. The molecule has 0 aliphatic carbocycles. The van der Waals surface area contributed by atoms with Crippen molar-refractivity contribution < 1.29 is 14.0 Å². The highest BCUT2D eigenvalue weighted by Crippen LogP contribution is 2.23. The second-order valence-electron chi connectivity index (χ2n) is 5.73. The van der Waals surface area contributed by atoms with Crippen molar-refractivity contribution in [2.75, 3.05) is 13.1 Å². The van der Waals surface area contributed by atoms with E-state index >= 15 is 0 Å². The minimum absolute atomic E-state index is 0.0323. The van der Waals surface area contributed by atoms with Crippen LogP contribution in [0.25, 0.3) is 0 Å². The summed E-state index contributed by atoms with van der Waals surface area (Å²) in [7, 11) is 0. The first-order valence-corrected chi connectivity index (χ1v) is 7.48. The molecule has 2 amide bonds. The Kier molecular flexibility index (Phi) is 3.90. The van der Waals surface area contributed by atoms with E-state index in [1.165, 1.54) is 12.1 Å². The highest BCUT2D eigenvalue weighted by molar-refractivity contribution is 5.90. The third kappa shape index (κ3) is 2.91. The van der Waals surface area contributed by atoms with Crippen LogP contribution < -0.4 is 0 Å². The second kappa shape index (κ2) is 5.84. The zero-order valence-corrected chi connectivity index (χ0v) is 11.9. The normalized spacial score (nSPS) is 23.0. The SMILES string of the molecule is O=C1C2CCCCN2C(=O)CCN1Cc1ccc(F)cc1. The molecule has 2 aliphatic rings. The Balaban J connectivity index is 1.77. The van der Waals surface area contributed by atoms with E-state index in [-0.39, 0.29) is 23.7 Å². The maximum absolute atomic E-state index is 12.9. The molecule has 1 aromatic rings. The summed E-state index contributed by atoms with van der Waals surface area (Å²) in [5.41, 5.74) is 0.890. The average molecular weight is 290 g/mol. The number of benzene rings is 1. The van der Waals surface area contributed by atoms with Crippen LogP contribution in [0.4, 0.5) is 4.39 Å². The van der Waals surface area contributed by atoms with Gasteiger partial charge in [0, 0.05) is 26.1 Å². The summed E-state index contributed by atoms with van der Waals surface area (Å²) in [6.07, 6.45) is 3.10. The summed E-state index contributed by atoms with van der Waals surface area (Å²) < 4.78 is 12.9. The van der Waals surface area contributed by atoms with E-state index in [1.807, 2.05) is 0 Å². The fourth-order valence-corrected chi connectivity index (χ4v) is 3.15. The number of fused-ring (bicyclic) bond motifs is 1. The Morgan fingerprint density at radius 3 is 2.62 bits per heavy atom. The monoisotopic (exact) mass is 290 g/mol. The molecule has 2 saturated heterocycles. The molecule has 21 heavy (non-hydrogen) atoms. The molecule has 1 atom stereocenters. The topological polar surface area (TPSA) is 40.6 Å². The molecule has 0 bridgehead atoms. The van der Waals surface area contributed by atoms with Gasteiger partial charge < -0.3 is 9.80 Å². The molecule has 0 N–H and O–H groups in total. The largest absolute Gasteiger partial charge is 0.336 e. The number of piperidine rings is 1. The van der Waals surface area contributed by atoms with E-state index in [0.29, 0.717) is 26.1 Å². The molecule has 0 spiro atoms. The Morgan fingerprint density at radius 1 is 1.10 bits per heavy atom. The number of rotatable bonds is 2. The van der Waals surface area contributed by atoms with Gasteiger partial charge in [-0.2, -0.15) is 0 Å². The molecular formula is C16H19FN2O2. The molecule has 3 rings (SSSR count). The minimum Gasteiger partial charge on any atom is -0.336 e. The molecule has 112 valence electrons. The van der Waals surface area contributed by atoms with Crippen LogP contribution >= 0.6 is 0 Å². The molecule has 5 heteroatoms. The van der Waals surface area contributed by atoms with Crippen molar-refractivity contribution in [3.8, 4) is 0 Å². The molecule has 2 heterocycles. The Hall–Kier alpha value is -1.91. The van der Waals surface area contributed by atoms with Crippen molar-refractivity contribution >= 4 is 11.8 Å². The van der Waals surface area contributed by atoms with E-state index in [2.05, 4.69) is 0 Å². The van der Waals surface area contributed by atoms with Crippen molar-refractivity contribution in [1.29, 1.82) is 0 Å². The lowest BCUT2D eigenvalue weighted by atomic mass is 10.0. The van der Waals surface area contributed by atoms with Crippen molar-refractivity contribution in [2.24, 2.45) is 0 Å². The van der Waals surface area contributed by atoms with E-state index in [9.17, 15) is 14.0 Å². The number of carbonyl (C=O) groups is 2. The summed E-state index contributed by atoms with van der Waals surface area (Å²) in [5, 5.41) is 0. The smallest absolute Gasteiger partial charge is 0.245 e. The van der Waals surface area contributed by atoms with Gasteiger partial charge in [-0.3, -0.25) is 9.59 Å². The zero-order valence-electron chi connectivity index (χ0n) is 11.9. The van der Waals surface area contributed by atoms with Crippen molar-refractivity contribution in [2.45, 2.75) is 38.3 Å². The number of hydrogen-bond acceptors (Lipinski definition) is 2. The first-order valence-electron chi connectivity index (χ1n) is 7.48. The molecule has 0 saturated carbocycles. The summed E-state index contributed by atoms with van der Waals surface area (Å²) >= 11 is 0. The van der Waals surface area contributed by atoms with Crippen LogP contribution in [0.3, 0.4) is 0 Å². The number of carbonyl (C=O) groups excluding carboxylic acids is 2. The molecule has 1 unspecified atom stereocenters. The molecular weight excluding hydrogens is 271 g/mol. The molecule has 0 aromatic heterocycles. The Bertz CT molecular complexity index is 544. The fraction of sp³-hybridized carbons (Fsp3) is 0.500. The van der Waals surface area contributed by atoms with Crippen molar-refractivity contribution in [3.63, 3.8) is 0 Å². The fourth-order valence-electron chi connectivity index (χ4n) is 3.15. The summed E-state index contributed by atoms with van der Waals surface area (Å²) in [6, 6.07) is 5.88. The van der Waals surface area contributed by atoms with Crippen molar-refractivity contribution in [1.82, 2.24) is 9.80 Å². The quantitative estimate of drug-likeness (QED) is 0.835. The van der Waals surface area contributed by atoms with Gasteiger partial charge in [-0.25, -0.2) is 4.39 Å². The first-order chi connectivity index (χ1) is 10.1. The maximum Gasteiger partial charge on any atom is 0.245 e. The summed E-state index contributed by atoms with van der Waals surface area (Å²) in [4.78, 5) is 28.3. The molecule has 2 aliphatic heterocycles. The van der Waals surface area contributed by atoms with E-state index in [1.54, 1.807) is 21.9 Å². The van der Waals surface area contributed by atoms with Gasteiger partial charge in [-0.15, -0.1) is 0 Å². The number of halogens is 1. The van der Waals surface area contributed by atoms with Crippen LogP contribution in [-0.2, 0) is 16.1 Å². The van der Waals surface area contributed by atoms with Gasteiger partial charge in [0.05, 0.1) is 0 Å². The number of nitrogens with zero attached hydrogens (tertiary/aromatic N) is 2. The predicted molar refractivity (Wildman–Crippen MR) is 75.8 cm³/mol.